The number of ether oxygens (including phenoxy) is 2. The third-order valence-corrected chi connectivity index (χ3v) is 6.35. The Morgan fingerprint density at radius 2 is 1.62 bits per heavy atom. The Morgan fingerprint density at radius 1 is 0.950 bits per heavy atom. The van der Waals surface area contributed by atoms with Gasteiger partial charge >= 0.3 is 6.03 Å². The van der Waals surface area contributed by atoms with Gasteiger partial charge in [-0.15, -0.1) is 0 Å². The van der Waals surface area contributed by atoms with Crippen LogP contribution in [-0.4, -0.2) is 34.3 Å². The highest BCUT2D eigenvalue weighted by Crippen LogP contribution is 2.36. The quantitative estimate of drug-likeness (QED) is 0.112. The number of carbonyl (C=O) groups is 3. The maximum atomic E-state index is 13.2. The first-order valence-electron chi connectivity index (χ1n) is 11.6. The van der Waals surface area contributed by atoms with Crippen LogP contribution in [0.15, 0.2) is 66.2 Å². The number of hydrogen-bond donors (Lipinski definition) is 1. The van der Waals surface area contributed by atoms with E-state index in [4.69, 9.17) is 9.47 Å². The van der Waals surface area contributed by atoms with Crippen LogP contribution in [0.1, 0.15) is 18.1 Å². The molecule has 0 radical (unpaired) electrons. The maximum absolute atomic E-state index is 13.2. The molecule has 0 spiro atoms. The number of urea groups is 1. The maximum Gasteiger partial charge on any atom is 0.335 e. The fourth-order valence-corrected chi connectivity index (χ4v) is 4.57. The van der Waals surface area contributed by atoms with Gasteiger partial charge in [0, 0.05) is 24.3 Å². The minimum atomic E-state index is -1.04. The summed E-state index contributed by atoms with van der Waals surface area (Å²) in [5.41, 5.74) is 0.0728. The molecule has 1 saturated heterocycles. The minimum absolute atomic E-state index is 0.0133. The van der Waals surface area contributed by atoms with Crippen LogP contribution in [0.5, 0.6) is 11.5 Å². The van der Waals surface area contributed by atoms with E-state index in [1.54, 1.807) is 25.1 Å². The normalized spacial score (nSPS) is 14.2. The lowest BCUT2D eigenvalue weighted by Gasteiger charge is -2.26. The smallest absolute Gasteiger partial charge is 0.335 e. The fraction of sp³-hybridized carbons (Fsp3) is 0.115. The zero-order valence-electron chi connectivity index (χ0n) is 20.7. The topological polar surface area (TPSA) is 171 Å². The van der Waals surface area contributed by atoms with E-state index in [2.05, 4.69) is 5.32 Å². The van der Waals surface area contributed by atoms with Crippen molar-refractivity contribution in [2.45, 2.75) is 13.5 Å². The fourth-order valence-electron chi connectivity index (χ4n) is 3.79. The van der Waals surface area contributed by atoms with Gasteiger partial charge in [-0.05, 0) is 64.9 Å². The number of amides is 4. The van der Waals surface area contributed by atoms with E-state index in [-0.39, 0.29) is 35.8 Å². The molecule has 13 nitrogen and oxygen atoms in total. The summed E-state index contributed by atoms with van der Waals surface area (Å²) in [6, 6.07) is 13.0. The molecule has 3 aromatic rings. The molecular formula is C26H19IN4O9. The van der Waals surface area contributed by atoms with Crippen molar-refractivity contribution >= 4 is 63.6 Å². The van der Waals surface area contributed by atoms with E-state index in [9.17, 15) is 34.6 Å². The molecule has 204 valence electrons. The molecule has 0 aromatic heterocycles. The zero-order chi connectivity index (χ0) is 29.0. The summed E-state index contributed by atoms with van der Waals surface area (Å²) < 4.78 is 12.2. The van der Waals surface area contributed by atoms with Crippen LogP contribution in [0.3, 0.4) is 0 Å². The Balaban J connectivity index is 1.66. The van der Waals surface area contributed by atoms with Crippen LogP contribution in [0.2, 0.25) is 0 Å². The first-order valence-corrected chi connectivity index (χ1v) is 12.6. The van der Waals surface area contributed by atoms with Gasteiger partial charge in [0.1, 0.15) is 12.2 Å². The van der Waals surface area contributed by atoms with Gasteiger partial charge in [0.05, 0.1) is 25.7 Å². The van der Waals surface area contributed by atoms with Crippen molar-refractivity contribution in [3.63, 3.8) is 0 Å². The molecule has 14 heteroatoms. The Bertz CT molecular complexity index is 1590. The SMILES string of the molecule is CCOc1cc(/C=C2\C(=O)NC(=O)N(c3cccc([N+](=O)[O-])c3)C2=O)cc(I)c1OCc1cccc([N+](=O)[O-])c1. The second-order valence-corrected chi connectivity index (χ2v) is 9.38. The number of nitro groups is 2. The lowest BCUT2D eigenvalue weighted by atomic mass is 10.1. The Labute approximate surface area is 239 Å². The van der Waals surface area contributed by atoms with Crippen molar-refractivity contribution in [1.29, 1.82) is 0 Å². The van der Waals surface area contributed by atoms with Gasteiger partial charge in [-0.1, -0.05) is 18.2 Å². The Morgan fingerprint density at radius 3 is 2.30 bits per heavy atom. The third kappa shape index (κ3) is 6.06. The molecule has 0 aliphatic carbocycles. The lowest BCUT2D eigenvalue weighted by molar-refractivity contribution is -0.385. The largest absolute Gasteiger partial charge is 0.490 e. The summed E-state index contributed by atoms with van der Waals surface area (Å²) in [5.74, 6) is -1.25. The number of imide groups is 2. The van der Waals surface area contributed by atoms with Gasteiger partial charge < -0.3 is 9.47 Å². The number of benzene rings is 3. The lowest BCUT2D eigenvalue weighted by Crippen LogP contribution is -2.54. The molecule has 0 saturated carbocycles. The molecule has 1 aliphatic rings. The number of nitrogens with one attached hydrogen (secondary N) is 1. The van der Waals surface area contributed by atoms with E-state index in [0.29, 0.717) is 31.1 Å². The van der Waals surface area contributed by atoms with E-state index in [0.717, 1.165) is 6.07 Å². The summed E-state index contributed by atoms with van der Waals surface area (Å²) in [7, 11) is 0. The first-order chi connectivity index (χ1) is 19.1. The van der Waals surface area contributed by atoms with Crippen molar-refractivity contribution in [1.82, 2.24) is 5.32 Å². The second-order valence-electron chi connectivity index (χ2n) is 8.21. The molecule has 0 unspecified atom stereocenters. The highest BCUT2D eigenvalue weighted by Gasteiger charge is 2.37. The average Bonchev–Trinajstić information content (AvgIpc) is 2.91. The molecule has 4 rings (SSSR count). The van der Waals surface area contributed by atoms with Crippen molar-refractivity contribution in [3.05, 3.63) is 101 Å². The van der Waals surface area contributed by atoms with Crippen LogP contribution in [0.25, 0.3) is 6.08 Å². The predicted octanol–water partition coefficient (Wildman–Crippen LogP) is 4.75. The van der Waals surface area contributed by atoms with Gasteiger partial charge in [-0.25, -0.2) is 9.69 Å². The molecular weight excluding hydrogens is 639 g/mol. The molecule has 1 heterocycles. The number of hydrogen-bond acceptors (Lipinski definition) is 9. The predicted molar refractivity (Wildman–Crippen MR) is 150 cm³/mol. The number of rotatable bonds is 9. The van der Waals surface area contributed by atoms with Crippen molar-refractivity contribution in [3.8, 4) is 11.5 Å². The van der Waals surface area contributed by atoms with Crippen molar-refractivity contribution < 1.29 is 33.7 Å². The molecule has 40 heavy (non-hydrogen) atoms. The Hall–Kier alpha value is -4.86. The number of carbonyl (C=O) groups excluding carboxylic acids is 3. The van der Waals surface area contributed by atoms with Gasteiger partial charge in [0.15, 0.2) is 11.5 Å². The van der Waals surface area contributed by atoms with E-state index >= 15 is 0 Å². The summed E-state index contributed by atoms with van der Waals surface area (Å²) in [6.07, 6.45) is 1.27. The summed E-state index contributed by atoms with van der Waals surface area (Å²) >= 11 is 1.99. The van der Waals surface area contributed by atoms with Crippen molar-refractivity contribution in [2.24, 2.45) is 0 Å². The van der Waals surface area contributed by atoms with Gasteiger partial charge in [0.25, 0.3) is 23.2 Å². The molecule has 4 amide bonds. The van der Waals surface area contributed by atoms with Crippen molar-refractivity contribution in [2.75, 3.05) is 11.5 Å². The van der Waals surface area contributed by atoms with E-state index < -0.39 is 27.7 Å². The summed E-state index contributed by atoms with van der Waals surface area (Å²) in [5, 5.41) is 24.3. The number of halogens is 1. The summed E-state index contributed by atoms with van der Waals surface area (Å²) in [4.78, 5) is 60.0. The molecule has 3 aromatic carbocycles. The highest BCUT2D eigenvalue weighted by atomic mass is 127. The zero-order valence-corrected chi connectivity index (χ0v) is 22.8. The minimum Gasteiger partial charge on any atom is -0.490 e. The first kappa shape index (κ1) is 28.2. The third-order valence-electron chi connectivity index (χ3n) is 5.55. The molecule has 1 N–H and O–H groups in total. The second kappa shape index (κ2) is 11.9. The number of nitro benzene ring substituents is 2. The monoisotopic (exact) mass is 658 g/mol. The molecule has 1 aliphatic heterocycles. The van der Waals surface area contributed by atoms with Gasteiger partial charge in [-0.2, -0.15) is 0 Å². The molecule has 1 fully saturated rings. The van der Waals surface area contributed by atoms with Gasteiger partial charge in [-0.3, -0.25) is 35.1 Å². The molecule has 0 atom stereocenters. The number of non-ortho nitro benzene ring substituents is 2. The number of anilines is 1. The number of barbiturate groups is 1. The van der Waals surface area contributed by atoms with E-state index in [1.807, 2.05) is 22.6 Å². The van der Waals surface area contributed by atoms with E-state index in [1.165, 1.54) is 42.5 Å². The average molecular weight is 658 g/mol. The van der Waals surface area contributed by atoms with Crippen LogP contribution < -0.4 is 19.7 Å². The standard InChI is InChI=1S/C26H19IN4O9/c1-2-39-22-12-16(11-21(27)23(22)40-14-15-5-3-7-18(9-15)30(35)36)10-20-24(32)28-26(34)29(25(20)33)17-6-4-8-19(13-17)31(37)38/h3-13H,2,14H2,1H3,(H,28,32,34)/b20-10+. The van der Waals surface area contributed by atoms with Crippen LogP contribution in [-0.2, 0) is 16.2 Å². The number of nitrogens with zero attached hydrogens (tertiary/aromatic N) is 3. The van der Waals surface area contributed by atoms with Gasteiger partial charge in [0.2, 0.25) is 0 Å². The summed E-state index contributed by atoms with van der Waals surface area (Å²) in [6.45, 7) is 2.03. The Kier molecular flexibility index (Phi) is 8.37. The molecule has 0 bridgehead atoms. The van der Waals surface area contributed by atoms with Crippen LogP contribution in [0.4, 0.5) is 21.9 Å². The van der Waals surface area contributed by atoms with Crippen LogP contribution >= 0.6 is 22.6 Å². The van der Waals surface area contributed by atoms with Crippen LogP contribution in [0, 0.1) is 23.8 Å². The highest BCUT2D eigenvalue weighted by molar-refractivity contribution is 14.1.